The second-order valence-corrected chi connectivity index (χ2v) is 7.49. The lowest BCUT2D eigenvalue weighted by atomic mass is 10.0. The molecule has 0 radical (unpaired) electrons. The van der Waals surface area contributed by atoms with Crippen LogP contribution in [0.15, 0.2) is 24.3 Å². The number of alkyl carbamates (subject to hydrolysis) is 1. The maximum Gasteiger partial charge on any atom is 0.407 e. The van der Waals surface area contributed by atoms with Gasteiger partial charge in [0.2, 0.25) is 0 Å². The highest BCUT2D eigenvalue weighted by molar-refractivity contribution is 5.67. The second-order valence-electron chi connectivity index (χ2n) is 7.49. The zero-order valence-corrected chi connectivity index (χ0v) is 14.8. The SMILES string of the molecule is Cc1ccccc1CNC1CCCC1CNC(=O)OC(C)(C)C. The molecule has 2 N–H and O–H groups in total. The van der Waals surface area contributed by atoms with E-state index in [1.54, 1.807) is 0 Å². The number of rotatable bonds is 5. The van der Waals surface area contributed by atoms with E-state index in [1.165, 1.54) is 24.0 Å². The Balaban J connectivity index is 1.79. The van der Waals surface area contributed by atoms with E-state index in [4.69, 9.17) is 4.74 Å². The van der Waals surface area contributed by atoms with E-state index in [0.717, 1.165) is 13.0 Å². The van der Waals surface area contributed by atoms with Crippen LogP contribution in [0.1, 0.15) is 51.2 Å². The Labute approximate surface area is 140 Å². The molecule has 1 aromatic rings. The van der Waals surface area contributed by atoms with Crippen molar-refractivity contribution in [2.75, 3.05) is 6.54 Å². The van der Waals surface area contributed by atoms with Crippen molar-refractivity contribution in [1.82, 2.24) is 10.6 Å². The molecule has 1 aliphatic carbocycles. The van der Waals surface area contributed by atoms with E-state index in [2.05, 4.69) is 41.8 Å². The monoisotopic (exact) mass is 318 g/mol. The van der Waals surface area contributed by atoms with Gasteiger partial charge in [-0.3, -0.25) is 0 Å². The molecule has 0 aliphatic heterocycles. The third kappa shape index (κ3) is 5.87. The van der Waals surface area contributed by atoms with Crippen LogP contribution in [0.5, 0.6) is 0 Å². The Morgan fingerprint density at radius 2 is 2.00 bits per heavy atom. The molecule has 0 bridgehead atoms. The van der Waals surface area contributed by atoms with Gasteiger partial charge in [-0.2, -0.15) is 0 Å². The van der Waals surface area contributed by atoms with E-state index in [1.807, 2.05) is 20.8 Å². The lowest BCUT2D eigenvalue weighted by molar-refractivity contribution is 0.0517. The van der Waals surface area contributed by atoms with Gasteiger partial charge in [0.15, 0.2) is 0 Å². The van der Waals surface area contributed by atoms with Crippen molar-refractivity contribution in [3.63, 3.8) is 0 Å². The third-order valence-corrected chi connectivity index (χ3v) is 4.38. The Hall–Kier alpha value is -1.55. The molecular weight excluding hydrogens is 288 g/mol. The van der Waals surface area contributed by atoms with E-state index >= 15 is 0 Å². The van der Waals surface area contributed by atoms with E-state index < -0.39 is 5.60 Å². The number of carbonyl (C=O) groups is 1. The fourth-order valence-electron chi connectivity index (χ4n) is 3.13. The van der Waals surface area contributed by atoms with Gasteiger partial charge >= 0.3 is 6.09 Å². The van der Waals surface area contributed by atoms with Gasteiger partial charge in [0.05, 0.1) is 0 Å². The van der Waals surface area contributed by atoms with Gasteiger partial charge in [-0.05, 0) is 57.6 Å². The summed E-state index contributed by atoms with van der Waals surface area (Å²) in [6.45, 7) is 9.37. The van der Waals surface area contributed by atoms with Crippen molar-refractivity contribution in [3.8, 4) is 0 Å². The molecule has 2 atom stereocenters. The fourth-order valence-corrected chi connectivity index (χ4v) is 3.13. The Kier molecular flexibility index (Phi) is 6.05. The quantitative estimate of drug-likeness (QED) is 0.868. The summed E-state index contributed by atoms with van der Waals surface area (Å²) in [5, 5.41) is 6.59. The predicted molar refractivity (Wildman–Crippen MR) is 93.4 cm³/mol. The van der Waals surface area contributed by atoms with Crippen molar-refractivity contribution in [3.05, 3.63) is 35.4 Å². The highest BCUT2D eigenvalue weighted by atomic mass is 16.6. The van der Waals surface area contributed by atoms with Crippen LogP contribution in [0.2, 0.25) is 0 Å². The van der Waals surface area contributed by atoms with Crippen LogP contribution >= 0.6 is 0 Å². The first-order chi connectivity index (χ1) is 10.8. The number of ether oxygens (including phenoxy) is 1. The summed E-state index contributed by atoms with van der Waals surface area (Å²) in [7, 11) is 0. The van der Waals surface area contributed by atoms with Crippen molar-refractivity contribution in [2.45, 2.75) is 65.1 Å². The van der Waals surface area contributed by atoms with Gasteiger partial charge in [-0.1, -0.05) is 30.7 Å². The zero-order valence-electron chi connectivity index (χ0n) is 14.8. The average molecular weight is 318 g/mol. The maximum atomic E-state index is 11.8. The largest absolute Gasteiger partial charge is 0.444 e. The van der Waals surface area contributed by atoms with Gasteiger partial charge in [-0.15, -0.1) is 0 Å². The smallest absolute Gasteiger partial charge is 0.407 e. The van der Waals surface area contributed by atoms with E-state index in [9.17, 15) is 4.79 Å². The molecule has 0 heterocycles. The summed E-state index contributed by atoms with van der Waals surface area (Å²) in [5.41, 5.74) is 2.22. The molecule has 1 saturated carbocycles. The molecule has 2 rings (SSSR count). The predicted octanol–water partition coefficient (Wildman–Crippen LogP) is 3.78. The molecule has 4 heteroatoms. The Morgan fingerprint density at radius 3 is 2.70 bits per heavy atom. The topological polar surface area (TPSA) is 50.4 Å². The lowest BCUT2D eigenvalue weighted by Crippen LogP contribution is -2.40. The van der Waals surface area contributed by atoms with Crippen LogP contribution in [0.25, 0.3) is 0 Å². The molecule has 1 aliphatic rings. The molecule has 0 spiro atoms. The normalized spacial score (nSPS) is 21.2. The van der Waals surface area contributed by atoms with E-state index in [-0.39, 0.29) is 6.09 Å². The molecule has 128 valence electrons. The van der Waals surface area contributed by atoms with Crippen molar-refractivity contribution in [1.29, 1.82) is 0 Å². The molecular formula is C19H30N2O2. The number of hydrogen-bond donors (Lipinski definition) is 2. The van der Waals surface area contributed by atoms with Crippen LogP contribution < -0.4 is 10.6 Å². The molecule has 2 unspecified atom stereocenters. The standard InChI is InChI=1S/C19H30N2O2/c1-14-8-5-6-9-15(14)12-20-17-11-7-10-16(17)13-21-18(22)23-19(2,3)4/h5-6,8-9,16-17,20H,7,10-13H2,1-4H3,(H,21,22). The fraction of sp³-hybridized carbons (Fsp3) is 0.632. The van der Waals surface area contributed by atoms with Crippen molar-refractivity contribution >= 4 is 6.09 Å². The first-order valence-corrected chi connectivity index (χ1v) is 8.60. The molecule has 1 aromatic carbocycles. The van der Waals surface area contributed by atoms with Crippen LogP contribution in [0.3, 0.4) is 0 Å². The molecule has 0 aromatic heterocycles. The van der Waals surface area contributed by atoms with Gasteiger partial charge in [0, 0.05) is 19.1 Å². The minimum atomic E-state index is -0.442. The van der Waals surface area contributed by atoms with Crippen LogP contribution in [0, 0.1) is 12.8 Å². The molecule has 0 saturated heterocycles. The number of hydrogen-bond acceptors (Lipinski definition) is 3. The van der Waals surface area contributed by atoms with Gasteiger partial charge in [0.1, 0.15) is 5.60 Å². The first kappa shape index (κ1) is 17.8. The van der Waals surface area contributed by atoms with Gasteiger partial charge in [-0.25, -0.2) is 4.79 Å². The number of amides is 1. The second kappa shape index (κ2) is 7.82. The summed E-state index contributed by atoms with van der Waals surface area (Å²) in [6.07, 6.45) is 3.22. The molecule has 1 amide bonds. The molecule has 23 heavy (non-hydrogen) atoms. The van der Waals surface area contributed by atoms with Crippen LogP contribution in [0.4, 0.5) is 4.79 Å². The van der Waals surface area contributed by atoms with Crippen molar-refractivity contribution < 1.29 is 9.53 Å². The van der Waals surface area contributed by atoms with Crippen LogP contribution in [-0.2, 0) is 11.3 Å². The third-order valence-electron chi connectivity index (χ3n) is 4.38. The van der Waals surface area contributed by atoms with Gasteiger partial charge < -0.3 is 15.4 Å². The summed E-state index contributed by atoms with van der Waals surface area (Å²) < 4.78 is 5.31. The van der Waals surface area contributed by atoms with Crippen molar-refractivity contribution in [2.24, 2.45) is 5.92 Å². The van der Waals surface area contributed by atoms with Gasteiger partial charge in [0.25, 0.3) is 0 Å². The summed E-state index contributed by atoms with van der Waals surface area (Å²) >= 11 is 0. The van der Waals surface area contributed by atoms with E-state index in [0.29, 0.717) is 18.5 Å². The minimum absolute atomic E-state index is 0.318. The average Bonchev–Trinajstić information content (AvgIpc) is 2.90. The van der Waals surface area contributed by atoms with Crippen LogP contribution in [-0.4, -0.2) is 24.3 Å². The zero-order chi connectivity index (χ0) is 16.9. The Morgan fingerprint density at radius 1 is 1.26 bits per heavy atom. The molecule has 4 nitrogen and oxygen atoms in total. The summed E-state index contributed by atoms with van der Waals surface area (Å²) in [4.78, 5) is 11.8. The summed E-state index contributed by atoms with van der Waals surface area (Å²) in [5.74, 6) is 0.478. The number of aryl methyl sites for hydroxylation is 1. The molecule has 1 fully saturated rings. The number of carbonyl (C=O) groups excluding carboxylic acids is 1. The maximum absolute atomic E-state index is 11.8. The Bertz CT molecular complexity index is 522. The minimum Gasteiger partial charge on any atom is -0.444 e. The number of nitrogens with one attached hydrogen (secondary N) is 2. The summed E-state index contributed by atoms with van der Waals surface area (Å²) in [6, 6.07) is 8.94. The first-order valence-electron chi connectivity index (χ1n) is 8.60. The highest BCUT2D eigenvalue weighted by Crippen LogP contribution is 2.25. The number of benzene rings is 1. The lowest BCUT2D eigenvalue weighted by Gasteiger charge is -2.24. The highest BCUT2D eigenvalue weighted by Gasteiger charge is 2.27.